The normalized spacial score (nSPS) is 24.1. The molecule has 2 aromatic rings. The van der Waals surface area contributed by atoms with Gasteiger partial charge >= 0.3 is 0 Å². The van der Waals surface area contributed by atoms with Crippen molar-refractivity contribution in [1.29, 1.82) is 0 Å². The lowest BCUT2D eigenvalue weighted by atomic mass is 10.0. The van der Waals surface area contributed by atoms with Crippen LogP contribution < -0.4 is 0 Å². The van der Waals surface area contributed by atoms with Crippen LogP contribution in [0.3, 0.4) is 0 Å². The van der Waals surface area contributed by atoms with Crippen LogP contribution in [0.2, 0.25) is 0 Å². The Morgan fingerprint density at radius 1 is 1.20 bits per heavy atom. The first-order valence-electron chi connectivity index (χ1n) is 9.27. The second-order valence-electron chi connectivity index (χ2n) is 6.92. The highest BCUT2D eigenvalue weighted by Gasteiger charge is 2.39. The number of likely N-dealkylation sites (N-methyl/N-ethyl adjacent to an activating group) is 1. The van der Waals surface area contributed by atoms with E-state index in [-0.39, 0.29) is 5.91 Å². The van der Waals surface area contributed by atoms with Gasteiger partial charge in [0.05, 0.1) is 0 Å². The zero-order valence-electron chi connectivity index (χ0n) is 14.7. The maximum absolute atomic E-state index is 13.2. The largest absolute Gasteiger partial charge is 0.334 e. The molecule has 2 saturated heterocycles. The highest BCUT2D eigenvalue weighted by Crippen LogP contribution is 2.31. The Balaban J connectivity index is 1.57. The van der Waals surface area contributed by atoms with Crippen molar-refractivity contribution in [2.45, 2.75) is 44.7 Å². The molecule has 4 heterocycles. The molecule has 0 radical (unpaired) electrons. The van der Waals surface area contributed by atoms with Crippen LogP contribution in [0.5, 0.6) is 0 Å². The number of amides is 1. The van der Waals surface area contributed by atoms with Crippen molar-refractivity contribution in [3.8, 4) is 5.82 Å². The van der Waals surface area contributed by atoms with Crippen LogP contribution >= 0.6 is 0 Å². The van der Waals surface area contributed by atoms with Gasteiger partial charge in [0.15, 0.2) is 0 Å². The Morgan fingerprint density at radius 2 is 2.04 bits per heavy atom. The van der Waals surface area contributed by atoms with Gasteiger partial charge in [0.1, 0.15) is 12.1 Å². The summed E-state index contributed by atoms with van der Waals surface area (Å²) in [6.45, 7) is 5.32. The van der Waals surface area contributed by atoms with E-state index in [2.05, 4.69) is 26.7 Å². The minimum atomic E-state index is 0.134. The number of nitrogens with zero attached hydrogens (tertiary/aromatic N) is 5. The Hall–Kier alpha value is -2.21. The Kier molecular flexibility index (Phi) is 4.53. The number of imidazole rings is 1. The van der Waals surface area contributed by atoms with E-state index < -0.39 is 0 Å². The number of hydrogen-bond donors (Lipinski definition) is 0. The minimum Gasteiger partial charge on any atom is -0.334 e. The smallest absolute Gasteiger partial charge is 0.254 e. The number of likely N-dealkylation sites (tertiary alicyclic amines) is 2. The third-order valence-electron chi connectivity index (χ3n) is 5.59. The summed E-state index contributed by atoms with van der Waals surface area (Å²) in [5.41, 5.74) is 0.714. The van der Waals surface area contributed by atoms with Gasteiger partial charge in [-0.1, -0.05) is 6.92 Å². The van der Waals surface area contributed by atoms with Crippen LogP contribution in [0.4, 0.5) is 0 Å². The maximum Gasteiger partial charge on any atom is 0.254 e. The van der Waals surface area contributed by atoms with Crippen molar-refractivity contribution < 1.29 is 4.79 Å². The van der Waals surface area contributed by atoms with Crippen molar-refractivity contribution in [2.24, 2.45) is 0 Å². The van der Waals surface area contributed by atoms with Crippen LogP contribution in [-0.2, 0) is 0 Å². The van der Waals surface area contributed by atoms with Crippen LogP contribution in [-0.4, -0.2) is 62.0 Å². The van der Waals surface area contributed by atoms with Gasteiger partial charge in [-0.15, -0.1) is 0 Å². The molecule has 6 heteroatoms. The lowest BCUT2D eigenvalue weighted by Gasteiger charge is -2.34. The van der Waals surface area contributed by atoms with Gasteiger partial charge in [-0.3, -0.25) is 14.3 Å². The van der Waals surface area contributed by atoms with E-state index in [4.69, 9.17) is 0 Å². The molecule has 6 nitrogen and oxygen atoms in total. The number of hydrogen-bond acceptors (Lipinski definition) is 4. The Morgan fingerprint density at radius 3 is 2.84 bits per heavy atom. The van der Waals surface area contributed by atoms with Crippen molar-refractivity contribution in [1.82, 2.24) is 24.3 Å². The van der Waals surface area contributed by atoms with E-state index in [0.29, 0.717) is 17.6 Å². The number of pyridine rings is 1. The van der Waals surface area contributed by atoms with Gasteiger partial charge < -0.3 is 4.90 Å². The monoisotopic (exact) mass is 339 g/mol. The summed E-state index contributed by atoms with van der Waals surface area (Å²) in [4.78, 5) is 26.2. The Labute approximate surface area is 148 Å². The van der Waals surface area contributed by atoms with Crippen LogP contribution in [0.25, 0.3) is 5.82 Å². The zero-order chi connectivity index (χ0) is 17.2. The molecule has 2 aliphatic heterocycles. The molecule has 1 amide bonds. The van der Waals surface area contributed by atoms with Crippen molar-refractivity contribution in [2.75, 3.05) is 19.6 Å². The molecule has 2 fully saturated rings. The fraction of sp³-hybridized carbons (Fsp3) is 0.526. The summed E-state index contributed by atoms with van der Waals surface area (Å²) in [6.07, 6.45) is 11.6. The first-order valence-corrected chi connectivity index (χ1v) is 9.27. The molecule has 0 bridgehead atoms. The molecule has 132 valence electrons. The molecule has 25 heavy (non-hydrogen) atoms. The molecule has 0 aromatic carbocycles. The van der Waals surface area contributed by atoms with Crippen LogP contribution in [0, 0.1) is 0 Å². The van der Waals surface area contributed by atoms with Gasteiger partial charge in [0.2, 0.25) is 0 Å². The number of carbonyl (C=O) groups excluding carboxylic acids is 1. The standard InChI is InChI=1S/C19H25N5O/c1-2-22-10-3-5-16(22)17-6-4-11-24(17)19(25)15-7-8-21-18(13-15)23-12-9-20-14-23/h7-9,12-14,16-17H,2-6,10-11H2,1H3. The summed E-state index contributed by atoms with van der Waals surface area (Å²) in [6, 6.07) is 4.56. The van der Waals surface area contributed by atoms with E-state index in [9.17, 15) is 4.79 Å². The third-order valence-corrected chi connectivity index (χ3v) is 5.59. The lowest BCUT2D eigenvalue weighted by molar-refractivity contribution is 0.0650. The van der Waals surface area contributed by atoms with Crippen LogP contribution in [0.15, 0.2) is 37.1 Å². The summed E-state index contributed by atoms with van der Waals surface area (Å²) < 4.78 is 1.83. The van der Waals surface area contributed by atoms with Crippen LogP contribution in [0.1, 0.15) is 43.0 Å². The number of carbonyl (C=O) groups is 1. The summed E-state index contributed by atoms with van der Waals surface area (Å²) in [5.74, 6) is 0.865. The van der Waals surface area contributed by atoms with E-state index in [0.717, 1.165) is 31.7 Å². The highest BCUT2D eigenvalue weighted by atomic mass is 16.2. The molecule has 2 aromatic heterocycles. The molecule has 2 aliphatic rings. The predicted octanol–water partition coefficient (Wildman–Crippen LogP) is 2.36. The first kappa shape index (κ1) is 16.3. The SMILES string of the molecule is CCN1CCCC1C1CCCN1C(=O)c1ccnc(-n2ccnc2)c1. The third kappa shape index (κ3) is 3.06. The summed E-state index contributed by atoms with van der Waals surface area (Å²) >= 11 is 0. The number of aromatic nitrogens is 3. The lowest BCUT2D eigenvalue weighted by Crippen LogP contribution is -2.48. The molecule has 0 aliphatic carbocycles. The van der Waals surface area contributed by atoms with Crippen molar-refractivity contribution in [3.63, 3.8) is 0 Å². The molecule has 0 saturated carbocycles. The molecular weight excluding hydrogens is 314 g/mol. The van der Waals surface area contributed by atoms with E-state index >= 15 is 0 Å². The van der Waals surface area contributed by atoms with E-state index in [1.807, 2.05) is 22.9 Å². The molecular formula is C19H25N5O. The van der Waals surface area contributed by atoms with E-state index in [1.165, 1.54) is 19.4 Å². The fourth-order valence-corrected chi connectivity index (χ4v) is 4.38. The first-order chi connectivity index (χ1) is 12.3. The van der Waals surface area contributed by atoms with Crippen molar-refractivity contribution in [3.05, 3.63) is 42.6 Å². The average Bonchev–Trinajstić information content (AvgIpc) is 3.41. The predicted molar refractivity (Wildman–Crippen MR) is 95.7 cm³/mol. The molecule has 0 spiro atoms. The fourth-order valence-electron chi connectivity index (χ4n) is 4.38. The summed E-state index contributed by atoms with van der Waals surface area (Å²) in [5, 5.41) is 0. The summed E-state index contributed by atoms with van der Waals surface area (Å²) in [7, 11) is 0. The Bertz CT molecular complexity index is 729. The molecule has 4 rings (SSSR count). The molecule has 0 N–H and O–H groups in total. The minimum absolute atomic E-state index is 0.134. The van der Waals surface area contributed by atoms with Gasteiger partial charge in [0.25, 0.3) is 5.91 Å². The quantitative estimate of drug-likeness (QED) is 0.858. The van der Waals surface area contributed by atoms with Crippen molar-refractivity contribution >= 4 is 5.91 Å². The van der Waals surface area contributed by atoms with Gasteiger partial charge in [-0.2, -0.15) is 0 Å². The highest BCUT2D eigenvalue weighted by molar-refractivity contribution is 5.95. The molecule has 2 atom stereocenters. The van der Waals surface area contributed by atoms with Gasteiger partial charge in [0, 0.05) is 42.8 Å². The van der Waals surface area contributed by atoms with Gasteiger partial charge in [-0.05, 0) is 50.9 Å². The number of rotatable bonds is 4. The topological polar surface area (TPSA) is 54.3 Å². The second-order valence-corrected chi connectivity index (χ2v) is 6.92. The average molecular weight is 339 g/mol. The molecule has 2 unspecified atom stereocenters. The second kappa shape index (κ2) is 6.96. The maximum atomic E-state index is 13.2. The van der Waals surface area contributed by atoms with Gasteiger partial charge in [-0.25, -0.2) is 9.97 Å². The zero-order valence-corrected chi connectivity index (χ0v) is 14.7. The van der Waals surface area contributed by atoms with E-state index in [1.54, 1.807) is 18.7 Å².